The first kappa shape index (κ1) is 17.4. The smallest absolute Gasteiger partial charge is 0.230 e. The van der Waals surface area contributed by atoms with Gasteiger partial charge < -0.3 is 10.0 Å². The number of nitrogens with zero attached hydrogens (tertiary/aromatic N) is 1. The molecule has 1 aliphatic heterocycles. The summed E-state index contributed by atoms with van der Waals surface area (Å²) in [5.74, 6) is -0.0668. The first-order chi connectivity index (χ1) is 12.1. The minimum absolute atomic E-state index is 0.126. The topological polar surface area (TPSA) is 40.5 Å². The average molecular weight is 335 g/mol. The van der Waals surface area contributed by atoms with Gasteiger partial charge in [0, 0.05) is 13.1 Å². The lowest BCUT2D eigenvalue weighted by atomic mass is 9.83. The van der Waals surface area contributed by atoms with Gasteiger partial charge in [-0.2, -0.15) is 0 Å². The molecule has 1 fully saturated rings. The van der Waals surface area contributed by atoms with Crippen molar-refractivity contribution in [1.29, 1.82) is 0 Å². The third-order valence-corrected chi connectivity index (χ3v) is 5.12. The summed E-state index contributed by atoms with van der Waals surface area (Å²) in [5, 5.41) is 10.9. The molecule has 0 unspecified atom stereocenters. The molecule has 0 saturated carbocycles. The lowest BCUT2D eigenvalue weighted by Gasteiger charge is -2.39. The number of rotatable bonds is 5. The van der Waals surface area contributed by atoms with Crippen molar-refractivity contribution in [3.63, 3.8) is 0 Å². The maximum atomic E-state index is 13.0. The molecule has 0 aromatic heterocycles. The molecule has 1 N–H and O–H groups in total. The predicted octanol–water partition coefficient (Wildman–Crippen LogP) is 3.86. The SMILES string of the molecule is C=CC[C@@H](C(=O)N1CCC(O)(c2ccccc2)CC1)c1ccccc1. The van der Waals surface area contributed by atoms with E-state index in [1.165, 1.54) is 0 Å². The van der Waals surface area contributed by atoms with E-state index in [0.29, 0.717) is 32.4 Å². The summed E-state index contributed by atoms with van der Waals surface area (Å²) in [7, 11) is 0. The fourth-order valence-electron chi connectivity index (χ4n) is 3.59. The molecule has 1 amide bonds. The highest BCUT2D eigenvalue weighted by Crippen LogP contribution is 2.34. The number of benzene rings is 2. The normalized spacial score (nSPS) is 17.7. The minimum Gasteiger partial charge on any atom is -0.385 e. The van der Waals surface area contributed by atoms with Crippen molar-refractivity contribution in [3.8, 4) is 0 Å². The third-order valence-electron chi connectivity index (χ3n) is 5.12. The van der Waals surface area contributed by atoms with Crippen LogP contribution in [0.25, 0.3) is 0 Å². The zero-order chi connectivity index (χ0) is 17.7. The zero-order valence-electron chi connectivity index (χ0n) is 14.5. The van der Waals surface area contributed by atoms with Crippen molar-refractivity contribution in [3.05, 3.63) is 84.4 Å². The van der Waals surface area contributed by atoms with Gasteiger partial charge in [0.05, 0.1) is 11.5 Å². The highest BCUT2D eigenvalue weighted by atomic mass is 16.3. The van der Waals surface area contributed by atoms with E-state index < -0.39 is 5.60 Å². The van der Waals surface area contributed by atoms with E-state index in [4.69, 9.17) is 0 Å². The lowest BCUT2D eigenvalue weighted by Crippen LogP contribution is -2.46. The van der Waals surface area contributed by atoms with Gasteiger partial charge in [-0.3, -0.25) is 4.79 Å². The van der Waals surface area contributed by atoms with Gasteiger partial charge >= 0.3 is 0 Å². The molecule has 130 valence electrons. The molecule has 0 spiro atoms. The van der Waals surface area contributed by atoms with Crippen molar-refractivity contribution >= 4 is 5.91 Å². The van der Waals surface area contributed by atoms with Gasteiger partial charge in [0.1, 0.15) is 0 Å². The fraction of sp³-hybridized carbons (Fsp3) is 0.318. The van der Waals surface area contributed by atoms with Crippen molar-refractivity contribution in [1.82, 2.24) is 4.90 Å². The second-order valence-corrected chi connectivity index (χ2v) is 6.71. The number of carbonyl (C=O) groups excluding carboxylic acids is 1. The lowest BCUT2D eigenvalue weighted by molar-refractivity contribution is -0.137. The van der Waals surface area contributed by atoms with Crippen LogP contribution in [-0.2, 0) is 10.4 Å². The molecule has 3 heteroatoms. The second kappa shape index (κ2) is 7.66. The standard InChI is InChI=1S/C22H25NO2/c1-2-9-20(18-10-5-3-6-11-18)21(24)23-16-14-22(25,15-17-23)19-12-7-4-8-13-19/h2-8,10-13,20,25H,1,9,14-17H2/t20-/m1/s1. The van der Waals surface area contributed by atoms with Crippen LogP contribution < -0.4 is 0 Å². The number of aliphatic hydroxyl groups is 1. The molecule has 25 heavy (non-hydrogen) atoms. The van der Waals surface area contributed by atoms with E-state index in [2.05, 4.69) is 6.58 Å². The van der Waals surface area contributed by atoms with Crippen LogP contribution in [-0.4, -0.2) is 29.0 Å². The van der Waals surface area contributed by atoms with Gasteiger partial charge in [-0.05, 0) is 30.4 Å². The Morgan fingerprint density at radius 2 is 1.64 bits per heavy atom. The number of piperidine rings is 1. The Morgan fingerprint density at radius 1 is 1.08 bits per heavy atom. The van der Waals surface area contributed by atoms with E-state index in [-0.39, 0.29) is 11.8 Å². The van der Waals surface area contributed by atoms with Gasteiger partial charge in [-0.1, -0.05) is 66.7 Å². The van der Waals surface area contributed by atoms with Crippen molar-refractivity contribution in [2.24, 2.45) is 0 Å². The minimum atomic E-state index is -0.835. The molecule has 1 atom stereocenters. The van der Waals surface area contributed by atoms with Gasteiger partial charge in [0.2, 0.25) is 5.91 Å². The summed E-state index contributed by atoms with van der Waals surface area (Å²) >= 11 is 0. The van der Waals surface area contributed by atoms with Crippen LogP contribution in [0.15, 0.2) is 73.3 Å². The quantitative estimate of drug-likeness (QED) is 0.843. The van der Waals surface area contributed by atoms with Crippen molar-refractivity contribution in [2.45, 2.75) is 30.8 Å². The van der Waals surface area contributed by atoms with Crippen LogP contribution in [0.2, 0.25) is 0 Å². The van der Waals surface area contributed by atoms with Gasteiger partial charge in [-0.25, -0.2) is 0 Å². The van der Waals surface area contributed by atoms with E-state index in [9.17, 15) is 9.90 Å². The molecule has 1 saturated heterocycles. The van der Waals surface area contributed by atoms with E-state index in [0.717, 1.165) is 11.1 Å². The largest absolute Gasteiger partial charge is 0.385 e. The molecule has 1 heterocycles. The Balaban J connectivity index is 1.71. The molecule has 0 radical (unpaired) electrons. The maximum Gasteiger partial charge on any atom is 0.230 e. The first-order valence-electron chi connectivity index (χ1n) is 8.86. The Morgan fingerprint density at radius 3 is 2.20 bits per heavy atom. The van der Waals surface area contributed by atoms with E-state index >= 15 is 0 Å². The second-order valence-electron chi connectivity index (χ2n) is 6.71. The first-order valence-corrected chi connectivity index (χ1v) is 8.86. The number of hydrogen-bond donors (Lipinski definition) is 1. The fourth-order valence-corrected chi connectivity index (χ4v) is 3.59. The van der Waals surface area contributed by atoms with Crippen LogP contribution >= 0.6 is 0 Å². The summed E-state index contributed by atoms with van der Waals surface area (Å²) in [4.78, 5) is 14.9. The molecule has 0 bridgehead atoms. The summed E-state index contributed by atoms with van der Waals surface area (Å²) in [6, 6.07) is 19.6. The maximum absolute atomic E-state index is 13.0. The number of hydrogen-bond acceptors (Lipinski definition) is 2. The summed E-state index contributed by atoms with van der Waals surface area (Å²) < 4.78 is 0. The summed E-state index contributed by atoms with van der Waals surface area (Å²) in [5.41, 5.74) is 1.13. The molecule has 3 nitrogen and oxygen atoms in total. The predicted molar refractivity (Wildman–Crippen MR) is 100 cm³/mol. The molecular formula is C22H25NO2. The van der Waals surface area contributed by atoms with E-state index in [1.807, 2.05) is 65.6 Å². The number of allylic oxidation sites excluding steroid dienone is 1. The van der Waals surface area contributed by atoms with Gasteiger partial charge in [0.25, 0.3) is 0 Å². The summed E-state index contributed by atoms with van der Waals surface area (Å²) in [6.07, 6.45) is 3.57. The van der Waals surface area contributed by atoms with E-state index in [1.54, 1.807) is 6.08 Å². The van der Waals surface area contributed by atoms with Gasteiger partial charge in [0.15, 0.2) is 0 Å². The number of carbonyl (C=O) groups is 1. The Bertz CT molecular complexity index is 703. The molecule has 0 aliphatic carbocycles. The van der Waals surface area contributed by atoms with Crippen LogP contribution in [0.3, 0.4) is 0 Å². The zero-order valence-corrected chi connectivity index (χ0v) is 14.5. The Labute approximate surface area is 149 Å². The number of amides is 1. The molecule has 1 aliphatic rings. The Hall–Kier alpha value is -2.39. The van der Waals surface area contributed by atoms with Crippen LogP contribution in [0.1, 0.15) is 36.3 Å². The van der Waals surface area contributed by atoms with Gasteiger partial charge in [-0.15, -0.1) is 6.58 Å². The van der Waals surface area contributed by atoms with Crippen LogP contribution in [0.5, 0.6) is 0 Å². The highest BCUT2D eigenvalue weighted by molar-refractivity contribution is 5.84. The molecule has 2 aromatic rings. The summed E-state index contributed by atoms with van der Waals surface area (Å²) in [6.45, 7) is 4.95. The van der Waals surface area contributed by atoms with Crippen molar-refractivity contribution in [2.75, 3.05) is 13.1 Å². The van der Waals surface area contributed by atoms with Crippen molar-refractivity contribution < 1.29 is 9.90 Å². The number of likely N-dealkylation sites (tertiary alicyclic amines) is 1. The monoisotopic (exact) mass is 335 g/mol. The molecule has 2 aromatic carbocycles. The van der Waals surface area contributed by atoms with Crippen LogP contribution in [0, 0.1) is 0 Å². The average Bonchev–Trinajstić information content (AvgIpc) is 2.67. The Kier molecular flexibility index (Phi) is 5.34. The third kappa shape index (κ3) is 3.83. The molecular weight excluding hydrogens is 310 g/mol. The molecule has 3 rings (SSSR count). The highest BCUT2D eigenvalue weighted by Gasteiger charge is 2.36. The van der Waals surface area contributed by atoms with Crippen LogP contribution in [0.4, 0.5) is 0 Å².